The summed E-state index contributed by atoms with van der Waals surface area (Å²) in [6.45, 7) is 1.76. The van der Waals surface area contributed by atoms with Crippen LogP contribution in [0.2, 0.25) is 0 Å². The van der Waals surface area contributed by atoms with E-state index in [-0.39, 0.29) is 0 Å². The van der Waals surface area contributed by atoms with E-state index in [1.54, 1.807) is 0 Å². The molecule has 148 valence electrons. The number of halogens is 3. The Labute approximate surface area is 162 Å². The highest BCUT2D eigenvalue weighted by atomic mass is 19.4. The molecule has 28 heavy (non-hydrogen) atoms. The zero-order valence-electron chi connectivity index (χ0n) is 15.9. The van der Waals surface area contributed by atoms with E-state index in [9.17, 15) is 13.2 Å². The first-order valence-electron chi connectivity index (χ1n) is 8.92. The van der Waals surface area contributed by atoms with Crippen LogP contribution in [0.25, 0.3) is 11.1 Å². The van der Waals surface area contributed by atoms with Gasteiger partial charge in [0.1, 0.15) is 5.82 Å². The third kappa shape index (κ3) is 4.61. The van der Waals surface area contributed by atoms with Gasteiger partial charge in [-0.2, -0.15) is 13.2 Å². The normalized spacial score (nSPS) is 12.0. The molecule has 1 heterocycles. The molecule has 7 heteroatoms. The summed E-state index contributed by atoms with van der Waals surface area (Å²) < 4.78 is 40.2. The molecular weight excluding hydrogens is 365 g/mol. The Morgan fingerprint density at radius 3 is 2.04 bits per heavy atom. The Morgan fingerprint density at radius 2 is 1.54 bits per heavy atom. The number of nitrogens with two attached hydrogens (primary N) is 1. The molecule has 0 unspecified atom stereocenters. The topological polar surface area (TPSA) is 47.1 Å². The van der Waals surface area contributed by atoms with Crippen LogP contribution in [0, 0.1) is 0 Å². The summed E-state index contributed by atoms with van der Waals surface area (Å²) in [5.74, 6) is 0.823. The molecule has 0 atom stereocenters. The lowest BCUT2D eigenvalue weighted by Crippen LogP contribution is -2.17. The molecule has 0 radical (unpaired) electrons. The van der Waals surface area contributed by atoms with Crippen LogP contribution in [0.15, 0.2) is 54.7 Å². The van der Waals surface area contributed by atoms with Gasteiger partial charge in [0.2, 0.25) is 0 Å². The average Bonchev–Trinajstić information content (AvgIpc) is 3.02. The van der Waals surface area contributed by atoms with Crippen molar-refractivity contribution in [2.75, 3.05) is 14.1 Å². The summed E-state index contributed by atoms with van der Waals surface area (Å²) in [4.78, 5) is 6.47. The molecule has 1 aromatic heterocycles. The van der Waals surface area contributed by atoms with Gasteiger partial charge in [-0.25, -0.2) is 4.98 Å². The number of hydrogen-bond acceptors (Lipinski definition) is 3. The summed E-state index contributed by atoms with van der Waals surface area (Å²) in [7, 11) is 4.00. The van der Waals surface area contributed by atoms with E-state index >= 15 is 0 Å². The number of aromatic nitrogens is 2. The molecule has 0 aliphatic carbocycles. The van der Waals surface area contributed by atoms with Crippen molar-refractivity contribution >= 4 is 0 Å². The van der Waals surface area contributed by atoms with E-state index in [0.29, 0.717) is 13.1 Å². The second-order valence-corrected chi connectivity index (χ2v) is 6.97. The van der Waals surface area contributed by atoms with Gasteiger partial charge < -0.3 is 15.2 Å². The standard InChI is InChI=1S/C21H23F3N4/c1-27(2)14-19-12-26-20(11-25)28(19)13-15-3-5-16(6-4-15)17-7-9-18(10-8-17)21(22,23)24/h3-10,12H,11,13-14,25H2,1-2H3. The maximum atomic E-state index is 12.7. The van der Waals surface area contributed by atoms with Crippen LogP contribution in [-0.4, -0.2) is 28.5 Å². The number of alkyl halides is 3. The third-order valence-corrected chi connectivity index (χ3v) is 4.52. The quantitative estimate of drug-likeness (QED) is 0.691. The fraction of sp³-hybridized carbons (Fsp3) is 0.286. The lowest BCUT2D eigenvalue weighted by molar-refractivity contribution is -0.137. The largest absolute Gasteiger partial charge is 0.416 e. The Kier molecular flexibility index (Phi) is 5.86. The minimum Gasteiger partial charge on any atom is -0.325 e. The molecule has 0 fully saturated rings. The monoisotopic (exact) mass is 388 g/mol. The van der Waals surface area contributed by atoms with Crippen molar-refractivity contribution in [3.05, 3.63) is 77.4 Å². The lowest BCUT2D eigenvalue weighted by atomic mass is 10.0. The van der Waals surface area contributed by atoms with Gasteiger partial charge in [0, 0.05) is 19.3 Å². The fourth-order valence-corrected chi connectivity index (χ4v) is 3.10. The Balaban J connectivity index is 1.79. The van der Waals surface area contributed by atoms with Gasteiger partial charge in [-0.05, 0) is 42.9 Å². The van der Waals surface area contributed by atoms with Crippen molar-refractivity contribution in [3.63, 3.8) is 0 Å². The molecule has 0 saturated heterocycles. The zero-order chi connectivity index (χ0) is 20.3. The second-order valence-electron chi connectivity index (χ2n) is 6.97. The maximum absolute atomic E-state index is 12.7. The van der Waals surface area contributed by atoms with Crippen molar-refractivity contribution in [3.8, 4) is 11.1 Å². The average molecular weight is 388 g/mol. The molecule has 0 bridgehead atoms. The predicted molar refractivity (Wildman–Crippen MR) is 103 cm³/mol. The van der Waals surface area contributed by atoms with Crippen molar-refractivity contribution in [1.29, 1.82) is 0 Å². The van der Waals surface area contributed by atoms with E-state index in [4.69, 9.17) is 5.73 Å². The number of benzene rings is 2. The molecule has 0 amide bonds. The smallest absolute Gasteiger partial charge is 0.325 e. The van der Waals surface area contributed by atoms with Crippen LogP contribution in [0.5, 0.6) is 0 Å². The van der Waals surface area contributed by atoms with Crippen molar-refractivity contribution in [2.45, 2.75) is 25.8 Å². The first-order chi connectivity index (χ1) is 13.3. The zero-order valence-corrected chi connectivity index (χ0v) is 15.9. The molecule has 3 rings (SSSR count). The predicted octanol–water partition coefficient (Wildman–Crippen LogP) is 4.14. The van der Waals surface area contributed by atoms with Crippen LogP contribution >= 0.6 is 0 Å². The van der Waals surface area contributed by atoms with E-state index in [1.165, 1.54) is 12.1 Å². The number of hydrogen-bond donors (Lipinski definition) is 1. The number of rotatable bonds is 6. The maximum Gasteiger partial charge on any atom is 0.416 e. The van der Waals surface area contributed by atoms with Crippen molar-refractivity contribution in [2.24, 2.45) is 5.73 Å². The van der Waals surface area contributed by atoms with Crippen LogP contribution in [0.1, 0.15) is 22.6 Å². The van der Waals surface area contributed by atoms with Gasteiger partial charge in [0.25, 0.3) is 0 Å². The Hall–Kier alpha value is -2.64. The van der Waals surface area contributed by atoms with Crippen molar-refractivity contribution < 1.29 is 13.2 Å². The Bertz CT molecular complexity index is 910. The SMILES string of the molecule is CN(C)Cc1cnc(CN)n1Cc1ccc(-c2ccc(C(F)(F)F)cc2)cc1. The molecule has 4 nitrogen and oxygen atoms in total. The van der Waals surface area contributed by atoms with Gasteiger partial charge in [-0.15, -0.1) is 0 Å². The molecule has 0 saturated carbocycles. The van der Waals surface area contributed by atoms with E-state index in [0.717, 1.165) is 46.9 Å². The second kappa shape index (κ2) is 8.16. The molecule has 2 N–H and O–H groups in total. The van der Waals surface area contributed by atoms with E-state index in [1.807, 2.05) is 44.6 Å². The molecular formula is C21H23F3N4. The van der Waals surface area contributed by atoms with Gasteiger partial charge in [-0.3, -0.25) is 0 Å². The van der Waals surface area contributed by atoms with Gasteiger partial charge in [-0.1, -0.05) is 36.4 Å². The number of imidazole rings is 1. The highest BCUT2D eigenvalue weighted by molar-refractivity contribution is 5.64. The number of nitrogens with zero attached hydrogens (tertiary/aromatic N) is 3. The van der Waals surface area contributed by atoms with Crippen LogP contribution in [0.4, 0.5) is 13.2 Å². The third-order valence-electron chi connectivity index (χ3n) is 4.52. The van der Waals surface area contributed by atoms with E-state index < -0.39 is 11.7 Å². The highest BCUT2D eigenvalue weighted by Gasteiger charge is 2.29. The molecule has 0 aliphatic rings. The molecule has 2 aromatic carbocycles. The first kappa shape index (κ1) is 20.1. The van der Waals surface area contributed by atoms with E-state index in [2.05, 4.69) is 14.5 Å². The first-order valence-corrected chi connectivity index (χ1v) is 8.92. The van der Waals surface area contributed by atoms with Crippen LogP contribution in [0.3, 0.4) is 0 Å². The van der Waals surface area contributed by atoms with Crippen LogP contribution in [-0.2, 0) is 25.8 Å². The summed E-state index contributed by atoms with van der Waals surface area (Å²) >= 11 is 0. The summed E-state index contributed by atoms with van der Waals surface area (Å²) in [5.41, 5.74) is 8.94. The molecule has 3 aromatic rings. The minimum atomic E-state index is -4.32. The Morgan fingerprint density at radius 1 is 0.964 bits per heavy atom. The van der Waals surface area contributed by atoms with Crippen molar-refractivity contribution in [1.82, 2.24) is 14.5 Å². The summed E-state index contributed by atoms with van der Waals surface area (Å²) in [6, 6.07) is 13.0. The summed E-state index contributed by atoms with van der Waals surface area (Å²) in [5, 5.41) is 0. The van der Waals surface area contributed by atoms with Gasteiger partial charge in [0.15, 0.2) is 0 Å². The molecule has 0 aliphatic heterocycles. The van der Waals surface area contributed by atoms with Gasteiger partial charge >= 0.3 is 6.18 Å². The minimum absolute atomic E-state index is 0.358. The van der Waals surface area contributed by atoms with Crippen LogP contribution < -0.4 is 5.73 Å². The fourth-order valence-electron chi connectivity index (χ4n) is 3.10. The van der Waals surface area contributed by atoms with Gasteiger partial charge in [0.05, 0.1) is 17.8 Å². The molecule has 0 spiro atoms. The highest BCUT2D eigenvalue weighted by Crippen LogP contribution is 2.31. The lowest BCUT2D eigenvalue weighted by Gasteiger charge is -2.15. The summed E-state index contributed by atoms with van der Waals surface area (Å²) in [6.07, 6.45) is -2.48.